The minimum Gasteiger partial charge on any atom is -0.486 e. The molecule has 0 aliphatic carbocycles. The van der Waals surface area contributed by atoms with Gasteiger partial charge in [0.1, 0.15) is 12.4 Å². The van der Waals surface area contributed by atoms with E-state index in [1.54, 1.807) is 6.07 Å². The van der Waals surface area contributed by atoms with Gasteiger partial charge in [-0.1, -0.05) is 16.8 Å². The summed E-state index contributed by atoms with van der Waals surface area (Å²) in [6, 6.07) is 5.58. The molecule has 0 bridgehead atoms. The minimum atomic E-state index is 0.327. The van der Waals surface area contributed by atoms with Crippen LogP contribution in [0.1, 0.15) is 22.6 Å². The van der Waals surface area contributed by atoms with Gasteiger partial charge in [-0.25, -0.2) is 0 Å². The zero-order chi connectivity index (χ0) is 13.1. The van der Waals surface area contributed by atoms with E-state index in [4.69, 9.17) is 26.6 Å². The van der Waals surface area contributed by atoms with E-state index in [1.165, 1.54) is 0 Å². The summed E-state index contributed by atoms with van der Waals surface area (Å²) < 4.78 is 10.7. The van der Waals surface area contributed by atoms with Gasteiger partial charge >= 0.3 is 0 Å². The van der Waals surface area contributed by atoms with Crippen LogP contribution in [0.5, 0.6) is 5.75 Å². The highest BCUT2D eigenvalue weighted by atomic mass is 35.5. The highest BCUT2D eigenvalue weighted by Crippen LogP contribution is 2.26. The zero-order valence-corrected chi connectivity index (χ0v) is 11.1. The van der Waals surface area contributed by atoms with Crippen molar-refractivity contribution in [2.75, 3.05) is 0 Å². The van der Waals surface area contributed by atoms with Gasteiger partial charge in [0.05, 0.1) is 5.69 Å². The van der Waals surface area contributed by atoms with Gasteiger partial charge in [0.15, 0.2) is 5.76 Å². The smallest absolute Gasteiger partial charge is 0.174 e. The number of hydrogen-bond donors (Lipinski definition) is 1. The number of nitrogens with two attached hydrogens (primary N) is 1. The summed E-state index contributed by atoms with van der Waals surface area (Å²) in [6.07, 6.45) is 0. The van der Waals surface area contributed by atoms with Gasteiger partial charge in [0, 0.05) is 17.6 Å². The van der Waals surface area contributed by atoms with E-state index < -0.39 is 0 Å². The van der Waals surface area contributed by atoms with Crippen molar-refractivity contribution in [2.24, 2.45) is 5.73 Å². The number of hydrogen-bond acceptors (Lipinski definition) is 4. The van der Waals surface area contributed by atoms with Crippen LogP contribution in [0.2, 0.25) is 5.02 Å². The molecular weight excluding hydrogens is 252 g/mol. The fourth-order valence-electron chi connectivity index (χ4n) is 1.66. The van der Waals surface area contributed by atoms with Crippen LogP contribution in [0, 0.1) is 13.8 Å². The Morgan fingerprint density at radius 3 is 2.50 bits per heavy atom. The number of aryl methyl sites for hydroxylation is 2. The first-order chi connectivity index (χ1) is 8.60. The van der Waals surface area contributed by atoms with Gasteiger partial charge < -0.3 is 15.0 Å². The summed E-state index contributed by atoms with van der Waals surface area (Å²) in [4.78, 5) is 0. The SMILES string of the molecule is Cc1cc(OCc2cc(CN)no2)cc(C)c1Cl. The zero-order valence-electron chi connectivity index (χ0n) is 10.4. The molecule has 0 radical (unpaired) electrons. The molecule has 1 heterocycles. The molecule has 0 fully saturated rings. The number of nitrogens with zero attached hydrogens (tertiary/aromatic N) is 1. The van der Waals surface area contributed by atoms with E-state index in [0.717, 1.165) is 27.6 Å². The summed E-state index contributed by atoms with van der Waals surface area (Å²) in [5, 5.41) is 4.57. The summed E-state index contributed by atoms with van der Waals surface area (Å²) in [6.45, 7) is 4.59. The fraction of sp³-hybridized carbons (Fsp3) is 0.308. The molecule has 5 heteroatoms. The van der Waals surface area contributed by atoms with Crippen molar-refractivity contribution in [3.8, 4) is 5.75 Å². The molecule has 0 aliphatic heterocycles. The van der Waals surface area contributed by atoms with E-state index in [2.05, 4.69) is 5.16 Å². The van der Waals surface area contributed by atoms with Gasteiger partial charge in [-0.2, -0.15) is 0 Å². The van der Waals surface area contributed by atoms with E-state index in [9.17, 15) is 0 Å². The van der Waals surface area contributed by atoms with E-state index in [-0.39, 0.29) is 0 Å². The van der Waals surface area contributed by atoms with Crippen molar-refractivity contribution in [1.82, 2.24) is 5.16 Å². The number of benzene rings is 1. The molecule has 1 aromatic heterocycles. The average Bonchev–Trinajstić information content (AvgIpc) is 2.81. The quantitative estimate of drug-likeness (QED) is 0.924. The minimum absolute atomic E-state index is 0.327. The first-order valence-electron chi connectivity index (χ1n) is 5.64. The number of halogens is 1. The van der Waals surface area contributed by atoms with E-state index >= 15 is 0 Å². The Hall–Kier alpha value is -1.52. The number of ether oxygens (including phenoxy) is 1. The average molecular weight is 267 g/mol. The molecule has 0 spiro atoms. The molecule has 1 aromatic carbocycles. The Morgan fingerprint density at radius 1 is 1.28 bits per heavy atom. The topological polar surface area (TPSA) is 61.3 Å². The molecule has 0 unspecified atom stereocenters. The molecule has 18 heavy (non-hydrogen) atoms. The Labute approximate surface area is 111 Å². The Morgan fingerprint density at radius 2 is 1.94 bits per heavy atom. The molecule has 4 nitrogen and oxygen atoms in total. The lowest BCUT2D eigenvalue weighted by Gasteiger charge is -2.08. The second-order valence-corrected chi connectivity index (χ2v) is 4.53. The third-order valence-corrected chi connectivity index (χ3v) is 3.20. The van der Waals surface area contributed by atoms with Crippen LogP contribution >= 0.6 is 11.6 Å². The standard InChI is InChI=1S/C13H15ClN2O2/c1-8-3-11(4-9(2)13(8)14)17-7-12-5-10(6-15)16-18-12/h3-5H,6-7,15H2,1-2H3. The first kappa shape index (κ1) is 12.9. The van der Waals surface area contributed by atoms with Crippen molar-refractivity contribution in [2.45, 2.75) is 27.0 Å². The van der Waals surface area contributed by atoms with Crippen LogP contribution in [0.25, 0.3) is 0 Å². The van der Waals surface area contributed by atoms with Gasteiger partial charge in [-0.3, -0.25) is 0 Å². The third kappa shape index (κ3) is 2.83. The van der Waals surface area contributed by atoms with E-state index in [0.29, 0.717) is 18.9 Å². The van der Waals surface area contributed by atoms with Crippen LogP contribution < -0.4 is 10.5 Å². The third-order valence-electron chi connectivity index (χ3n) is 2.61. The number of rotatable bonds is 4. The van der Waals surface area contributed by atoms with Crippen molar-refractivity contribution < 1.29 is 9.26 Å². The normalized spacial score (nSPS) is 10.7. The van der Waals surface area contributed by atoms with Crippen molar-refractivity contribution >= 4 is 11.6 Å². The predicted octanol–water partition coefficient (Wildman–Crippen LogP) is 2.98. The first-order valence-corrected chi connectivity index (χ1v) is 6.02. The second-order valence-electron chi connectivity index (χ2n) is 4.15. The summed E-state index contributed by atoms with van der Waals surface area (Å²) >= 11 is 6.09. The molecule has 0 amide bonds. The Kier molecular flexibility index (Phi) is 3.89. The molecule has 2 rings (SSSR count). The molecular formula is C13H15ClN2O2. The molecule has 0 saturated carbocycles. The largest absolute Gasteiger partial charge is 0.486 e. The highest BCUT2D eigenvalue weighted by molar-refractivity contribution is 6.32. The maximum Gasteiger partial charge on any atom is 0.174 e. The molecule has 96 valence electrons. The van der Waals surface area contributed by atoms with E-state index in [1.807, 2.05) is 26.0 Å². The van der Waals surface area contributed by atoms with Crippen LogP contribution in [-0.4, -0.2) is 5.16 Å². The summed E-state index contributed by atoms with van der Waals surface area (Å²) in [5.41, 5.74) is 8.15. The lowest BCUT2D eigenvalue weighted by atomic mass is 10.1. The monoisotopic (exact) mass is 266 g/mol. The van der Waals surface area contributed by atoms with Crippen molar-refractivity contribution in [3.05, 3.63) is 45.8 Å². The molecule has 0 aliphatic rings. The second kappa shape index (κ2) is 5.42. The highest BCUT2D eigenvalue weighted by Gasteiger charge is 2.06. The lowest BCUT2D eigenvalue weighted by Crippen LogP contribution is -1.96. The molecule has 0 saturated heterocycles. The molecule has 2 aromatic rings. The maximum atomic E-state index is 6.09. The maximum absolute atomic E-state index is 6.09. The Balaban J connectivity index is 2.06. The van der Waals surface area contributed by atoms with Gasteiger partial charge in [-0.05, 0) is 37.1 Å². The Bertz CT molecular complexity index is 529. The van der Waals surface area contributed by atoms with Gasteiger partial charge in [0.2, 0.25) is 0 Å². The van der Waals surface area contributed by atoms with Gasteiger partial charge in [-0.15, -0.1) is 0 Å². The summed E-state index contributed by atoms with van der Waals surface area (Å²) in [7, 11) is 0. The molecule has 0 atom stereocenters. The number of aromatic nitrogens is 1. The lowest BCUT2D eigenvalue weighted by molar-refractivity contribution is 0.248. The predicted molar refractivity (Wildman–Crippen MR) is 69.7 cm³/mol. The van der Waals surface area contributed by atoms with Crippen LogP contribution in [0.3, 0.4) is 0 Å². The van der Waals surface area contributed by atoms with Crippen LogP contribution in [0.4, 0.5) is 0 Å². The van der Waals surface area contributed by atoms with Crippen LogP contribution in [-0.2, 0) is 13.2 Å². The van der Waals surface area contributed by atoms with Gasteiger partial charge in [0.25, 0.3) is 0 Å². The molecule has 2 N–H and O–H groups in total. The van der Waals surface area contributed by atoms with Crippen molar-refractivity contribution in [3.63, 3.8) is 0 Å². The van der Waals surface area contributed by atoms with Crippen molar-refractivity contribution in [1.29, 1.82) is 0 Å². The fourth-order valence-corrected chi connectivity index (χ4v) is 1.77. The van der Waals surface area contributed by atoms with Crippen LogP contribution in [0.15, 0.2) is 22.7 Å². The summed E-state index contributed by atoms with van der Waals surface area (Å²) in [5.74, 6) is 1.42.